The number of aliphatic hydroxyl groups is 3. The molecule has 52 heavy (non-hydrogen) atoms. The minimum atomic E-state index is -1.14. The first-order valence-electron chi connectivity index (χ1n) is 23.5. The molecule has 0 bridgehead atoms. The first kappa shape index (κ1) is 51.1. The maximum absolute atomic E-state index is 12.4. The normalized spacial score (nSPS) is 13.6. The summed E-state index contributed by atoms with van der Waals surface area (Å²) < 4.78 is 0. The van der Waals surface area contributed by atoms with Crippen LogP contribution in [0, 0.1) is 0 Å². The molecule has 0 spiro atoms. The van der Waals surface area contributed by atoms with Gasteiger partial charge >= 0.3 is 0 Å². The lowest BCUT2D eigenvalue weighted by molar-refractivity contribution is -0.124. The quantitative estimate of drug-likeness (QED) is 0.0371. The fraction of sp³-hybridized carbons (Fsp3) is 0.936. The molecule has 5 nitrogen and oxygen atoms in total. The van der Waals surface area contributed by atoms with Crippen LogP contribution in [-0.4, -0.2) is 46.1 Å². The van der Waals surface area contributed by atoms with Gasteiger partial charge in [0.15, 0.2) is 0 Å². The van der Waals surface area contributed by atoms with E-state index >= 15 is 0 Å². The van der Waals surface area contributed by atoms with Crippen molar-refractivity contribution in [3.8, 4) is 0 Å². The predicted octanol–water partition coefficient (Wildman–Crippen LogP) is 13.6. The van der Waals surface area contributed by atoms with E-state index in [1.165, 1.54) is 186 Å². The number of nitrogens with one attached hydrogen (secondary N) is 1. The van der Waals surface area contributed by atoms with E-state index < -0.39 is 18.2 Å². The Labute approximate surface area is 325 Å². The van der Waals surface area contributed by atoms with Gasteiger partial charge in [-0.25, -0.2) is 0 Å². The van der Waals surface area contributed by atoms with Crippen LogP contribution < -0.4 is 5.32 Å². The summed E-state index contributed by atoms with van der Waals surface area (Å²) in [7, 11) is 0. The highest BCUT2D eigenvalue weighted by Gasteiger charge is 2.26. The van der Waals surface area contributed by atoms with Gasteiger partial charge in [0.05, 0.1) is 18.8 Å². The van der Waals surface area contributed by atoms with Crippen molar-refractivity contribution in [1.29, 1.82) is 0 Å². The number of amides is 1. The monoisotopic (exact) mass is 736 g/mol. The summed E-state index contributed by atoms with van der Waals surface area (Å²) in [6.45, 7) is 4.19. The maximum Gasteiger partial charge on any atom is 0.220 e. The van der Waals surface area contributed by atoms with Crippen LogP contribution in [0.1, 0.15) is 258 Å². The number of hydrogen-bond donors (Lipinski definition) is 4. The summed E-state index contributed by atoms with van der Waals surface area (Å²) in [5, 5.41) is 33.6. The molecule has 0 fully saturated rings. The molecule has 0 rings (SSSR count). The third-order valence-corrected chi connectivity index (χ3v) is 11.1. The number of hydrogen-bond acceptors (Lipinski definition) is 4. The number of carbonyl (C=O) groups excluding carboxylic acids is 1. The minimum Gasteiger partial charge on any atom is -0.394 e. The van der Waals surface area contributed by atoms with Gasteiger partial charge in [-0.3, -0.25) is 4.79 Å². The number of carbonyl (C=O) groups is 1. The molecule has 0 saturated heterocycles. The SMILES string of the molecule is CCCCCCCCC/C=C\CCCCCCCC(=O)NC(CO)C(O)C(O)CCCCCCCCCCCCCCCCCCCCCCCC. The van der Waals surface area contributed by atoms with Gasteiger partial charge in [0, 0.05) is 6.42 Å². The fourth-order valence-corrected chi connectivity index (χ4v) is 7.45. The van der Waals surface area contributed by atoms with Crippen LogP contribution in [-0.2, 0) is 4.79 Å². The Bertz CT molecular complexity index is 728. The van der Waals surface area contributed by atoms with E-state index in [9.17, 15) is 20.1 Å². The zero-order valence-electron chi connectivity index (χ0n) is 35.2. The molecule has 0 saturated carbocycles. The molecule has 0 aliphatic heterocycles. The number of rotatable bonds is 43. The van der Waals surface area contributed by atoms with Gasteiger partial charge in [0.2, 0.25) is 5.91 Å². The van der Waals surface area contributed by atoms with Crippen molar-refractivity contribution in [2.45, 2.75) is 276 Å². The lowest BCUT2D eigenvalue weighted by Crippen LogP contribution is -2.50. The molecular formula is C47H93NO4. The van der Waals surface area contributed by atoms with Crippen LogP contribution >= 0.6 is 0 Å². The van der Waals surface area contributed by atoms with Gasteiger partial charge in [0.25, 0.3) is 0 Å². The second-order valence-electron chi connectivity index (χ2n) is 16.3. The smallest absolute Gasteiger partial charge is 0.220 e. The standard InChI is InChI=1S/C47H93NO4/c1-3-5-7-9-11-13-15-17-19-21-22-23-24-25-26-27-29-31-33-35-37-39-41-45(50)47(52)44(43-49)48-46(51)42-40-38-36-34-32-30-28-20-18-16-14-12-10-8-6-4-2/h20,28,44-45,47,49-50,52H,3-19,21-27,29-43H2,1-2H3,(H,48,51)/b28-20-. The van der Waals surface area contributed by atoms with Crippen molar-refractivity contribution < 1.29 is 20.1 Å². The number of unbranched alkanes of at least 4 members (excludes halogenated alkanes) is 33. The molecule has 0 aliphatic rings. The average Bonchev–Trinajstić information content (AvgIpc) is 3.15. The predicted molar refractivity (Wildman–Crippen MR) is 227 cm³/mol. The summed E-state index contributed by atoms with van der Waals surface area (Å²) in [4.78, 5) is 12.4. The summed E-state index contributed by atoms with van der Waals surface area (Å²) in [5.41, 5.74) is 0. The van der Waals surface area contributed by atoms with Crippen LogP contribution in [0.2, 0.25) is 0 Å². The molecule has 3 unspecified atom stereocenters. The Hall–Kier alpha value is -0.910. The second-order valence-corrected chi connectivity index (χ2v) is 16.3. The largest absolute Gasteiger partial charge is 0.394 e. The maximum atomic E-state index is 12.4. The van der Waals surface area contributed by atoms with Crippen molar-refractivity contribution in [3.05, 3.63) is 12.2 Å². The van der Waals surface area contributed by atoms with Gasteiger partial charge in [-0.2, -0.15) is 0 Å². The van der Waals surface area contributed by atoms with Crippen molar-refractivity contribution in [1.82, 2.24) is 5.32 Å². The zero-order chi connectivity index (χ0) is 38.0. The van der Waals surface area contributed by atoms with Crippen LogP contribution in [0.5, 0.6) is 0 Å². The van der Waals surface area contributed by atoms with Crippen molar-refractivity contribution in [2.24, 2.45) is 0 Å². The Morgan fingerprint density at radius 1 is 0.462 bits per heavy atom. The Morgan fingerprint density at radius 2 is 0.769 bits per heavy atom. The van der Waals surface area contributed by atoms with Gasteiger partial charge < -0.3 is 20.6 Å². The lowest BCUT2D eigenvalue weighted by atomic mass is 9.99. The summed E-state index contributed by atoms with van der Waals surface area (Å²) in [6, 6.07) is -0.810. The molecule has 5 heteroatoms. The van der Waals surface area contributed by atoms with Gasteiger partial charge in [-0.05, 0) is 38.5 Å². The third-order valence-electron chi connectivity index (χ3n) is 11.1. The number of allylic oxidation sites excluding steroid dienone is 2. The molecule has 3 atom stereocenters. The van der Waals surface area contributed by atoms with E-state index in [0.29, 0.717) is 12.8 Å². The third kappa shape index (κ3) is 37.4. The molecule has 310 valence electrons. The summed E-state index contributed by atoms with van der Waals surface area (Å²) in [6.07, 6.45) is 50.4. The van der Waals surface area contributed by atoms with Crippen LogP contribution in [0.25, 0.3) is 0 Å². The molecule has 0 aromatic heterocycles. The summed E-state index contributed by atoms with van der Waals surface area (Å²) >= 11 is 0. The van der Waals surface area contributed by atoms with Crippen LogP contribution in [0.3, 0.4) is 0 Å². The Morgan fingerprint density at radius 3 is 1.12 bits per heavy atom. The van der Waals surface area contributed by atoms with Crippen molar-refractivity contribution >= 4 is 5.91 Å². The fourth-order valence-electron chi connectivity index (χ4n) is 7.45. The lowest BCUT2D eigenvalue weighted by Gasteiger charge is -2.26. The molecule has 0 aromatic carbocycles. The first-order valence-corrected chi connectivity index (χ1v) is 23.5. The molecule has 4 N–H and O–H groups in total. The van der Waals surface area contributed by atoms with Crippen molar-refractivity contribution in [3.63, 3.8) is 0 Å². The van der Waals surface area contributed by atoms with Gasteiger partial charge in [0.1, 0.15) is 6.10 Å². The highest BCUT2D eigenvalue weighted by Crippen LogP contribution is 2.17. The van der Waals surface area contributed by atoms with E-state index in [4.69, 9.17) is 0 Å². The molecular weight excluding hydrogens is 643 g/mol. The number of aliphatic hydroxyl groups excluding tert-OH is 3. The Kier molecular flexibility index (Phi) is 42.1. The highest BCUT2D eigenvalue weighted by atomic mass is 16.3. The van der Waals surface area contributed by atoms with Crippen molar-refractivity contribution in [2.75, 3.05) is 6.61 Å². The van der Waals surface area contributed by atoms with Crippen LogP contribution in [0.15, 0.2) is 12.2 Å². The van der Waals surface area contributed by atoms with E-state index in [1.807, 2.05) is 0 Å². The summed E-state index contributed by atoms with van der Waals surface area (Å²) in [5.74, 6) is -0.150. The van der Waals surface area contributed by atoms with E-state index in [-0.39, 0.29) is 12.5 Å². The van der Waals surface area contributed by atoms with Gasteiger partial charge in [-0.1, -0.05) is 225 Å². The molecule has 0 heterocycles. The van der Waals surface area contributed by atoms with Gasteiger partial charge in [-0.15, -0.1) is 0 Å². The highest BCUT2D eigenvalue weighted by molar-refractivity contribution is 5.76. The van der Waals surface area contributed by atoms with E-state index in [0.717, 1.165) is 44.9 Å². The average molecular weight is 736 g/mol. The molecule has 1 amide bonds. The first-order chi connectivity index (χ1) is 25.6. The van der Waals surface area contributed by atoms with Crippen LogP contribution in [0.4, 0.5) is 0 Å². The van der Waals surface area contributed by atoms with E-state index in [2.05, 4.69) is 31.3 Å². The second kappa shape index (κ2) is 42.8. The molecule has 0 aromatic rings. The molecule has 0 radical (unpaired) electrons. The van der Waals surface area contributed by atoms with E-state index in [1.54, 1.807) is 0 Å². The Balaban J connectivity index is 3.58. The zero-order valence-corrected chi connectivity index (χ0v) is 35.2. The minimum absolute atomic E-state index is 0.150. The molecule has 0 aliphatic carbocycles. The topological polar surface area (TPSA) is 89.8 Å².